The van der Waals surface area contributed by atoms with Gasteiger partial charge in [-0.3, -0.25) is 4.79 Å². The molecule has 0 aliphatic carbocycles. The number of carbonyl (C=O) groups is 1. The molecule has 136 valence electrons. The molecule has 2 N–H and O–H groups in total. The van der Waals surface area contributed by atoms with E-state index in [-0.39, 0.29) is 10.7 Å². The molecule has 0 amide bonds. The third-order valence-corrected chi connectivity index (χ3v) is 4.17. The van der Waals surface area contributed by atoms with Gasteiger partial charge in [0.25, 0.3) is 0 Å². The normalized spacial score (nSPS) is 11.4. The fourth-order valence-corrected chi connectivity index (χ4v) is 2.30. The zero-order valence-electron chi connectivity index (χ0n) is 14.9. The molecule has 0 heterocycles. The third-order valence-electron chi connectivity index (χ3n) is 3.32. The second kappa shape index (κ2) is 9.68. The van der Waals surface area contributed by atoms with E-state index in [4.69, 9.17) is 5.73 Å². The number of quaternary nitrogens is 1. The highest BCUT2D eigenvalue weighted by molar-refractivity contribution is 7.85. The highest BCUT2D eigenvalue weighted by Crippen LogP contribution is 2.08. The Bertz CT molecular complexity index is 650. The Balaban J connectivity index is 0.000000446. The van der Waals surface area contributed by atoms with Crippen LogP contribution in [-0.2, 0) is 14.9 Å². The molecule has 0 atom stereocenters. The summed E-state index contributed by atoms with van der Waals surface area (Å²) in [5, 5.41) is 0. The topological polar surface area (TPSA) is 100 Å². The van der Waals surface area contributed by atoms with Crippen molar-refractivity contribution in [1.82, 2.24) is 0 Å². The number of rotatable bonds is 7. The number of nitrogens with zero attached hydrogens (tertiary/aromatic N) is 1. The van der Waals surface area contributed by atoms with E-state index in [9.17, 15) is 17.8 Å². The van der Waals surface area contributed by atoms with Crippen LogP contribution in [0.1, 0.15) is 18.9 Å². The van der Waals surface area contributed by atoms with Crippen molar-refractivity contribution in [2.24, 2.45) is 5.73 Å². The van der Waals surface area contributed by atoms with E-state index in [2.05, 4.69) is 6.58 Å². The molecule has 1 aromatic carbocycles. The van der Waals surface area contributed by atoms with Crippen LogP contribution >= 0.6 is 0 Å². The molecule has 0 unspecified atom stereocenters. The molecule has 24 heavy (non-hydrogen) atoms. The van der Waals surface area contributed by atoms with Crippen molar-refractivity contribution in [2.45, 2.75) is 25.2 Å². The second-order valence-corrected chi connectivity index (χ2v) is 7.81. The smallest absolute Gasteiger partial charge is 0.212 e. The van der Waals surface area contributed by atoms with Gasteiger partial charge in [-0.15, -0.1) is 0 Å². The van der Waals surface area contributed by atoms with Crippen LogP contribution in [0.4, 0.5) is 0 Å². The van der Waals surface area contributed by atoms with E-state index in [0.717, 1.165) is 18.5 Å². The van der Waals surface area contributed by atoms with E-state index in [1.54, 1.807) is 19.1 Å². The van der Waals surface area contributed by atoms with E-state index in [1.807, 2.05) is 21.0 Å². The van der Waals surface area contributed by atoms with Crippen molar-refractivity contribution in [1.29, 1.82) is 0 Å². The summed E-state index contributed by atoms with van der Waals surface area (Å²) in [6.45, 7) is 9.36. The fourth-order valence-electron chi connectivity index (χ4n) is 1.83. The number of benzene rings is 1. The zero-order chi connectivity index (χ0) is 19.0. The number of Topliss-reactive ketones (excluding diaryl/α,β-unsaturated/α-hetero) is 1. The molecule has 0 fully saturated rings. The predicted octanol–water partition coefficient (Wildman–Crippen LogP) is 1.46. The molecular weight excluding hydrogens is 328 g/mol. The number of carbonyl (C=O) groups excluding carboxylic acids is 1. The summed E-state index contributed by atoms with van der Waals surface area (Å²) >= 11 is 0. The lowest BCUT2D eigenvalue weighted by atomic mass is 10.2. The molecule has 0 saturated heterocycles. The van der Waals surface area contributed by atoms with Crippen molar-refractivity contribution in [2.75, 3.05) is 33.7 Å². The summed E-state index contributed by atoms with van der Waals surface area (Å²) in [5.41, 5.74) is 6.98. The standard InChI is InChI=1S/C10H21N2O.C7H8O3S/c1-9(2)10(13)8-12(3,4)7-5-6-11;1-6-2-4-7(5-3-6)11(8,9)10/h1,5-8,11H2,2-4H3;2-5H,1H3,(H,8,9,10)/q+1;/p-1. The van der Waals surface area contributed by atoms with Crippen LogP contribution in [0.25, 0.3) is 0 Å². The maximum absolute atomic E-state index is 11.4. The highest BCUT2D eigenvalue weighted by atomic mass is 32.2. The SMILES string of the molecule is C=C(C)C(=O)C[N+](C)(C)CCCN.Cc1ccc(S(=O)(=O)[O-])cc1. The zero-order valence-corrected chi connectivity index (χ0v) is 15.7. The molecule has 0 saturated carbocycles. The van der Waals surface area contributed by atoms with Crippen molar-refractivity contribution in [3.63, 3.8) is 0 Å². The fraction of sp³-hybridized carbons (Fsp3) is 0.471. The molecule has 0 bridgehead atoms. The minimum absolute atomic E-state index is 0.141. The first-order valence-corrected chi connectivity index (χ1v) is 9.03. The van der Waals surface area contributed by atoms with Gasteiger partial charge in [0, 0.05) is 6.42 Å². The summed E-state index contributed by atoms with van der Waals surface area (Å²) in [6.07, 6.45) is 0.955. The Labute approximate surface area is 145 Å². The molecule has 1 rings (SSSR count). The van der Waals surface area contributed by atoms with Crippen LogP contribution in [0, 0.1) is 6.92 Å². The lowest BCUT2D eigenvalue weighted by Crippen LogP contribution is -2.45. The van der Waals surface area contributed by atoms with Gasteiger partial charge >= 0.3 is 0 Å². The molecule has 0 spiro atoms. The van der Waals surface area contributed by atoms with Gasteiger partial charge in [0.15, 0.2) is 0 Å². The number of hydrogen-bond donors (Lipinski definition) is 1. The molecule has 6 nitrogen and oxygen atoms in total. The summed E-state index contributed by atoms with van der Waals surface area (Å²) < 4.78 is 31.9. The molecule has 7 heteroatoms. The van der Waals surface area contributed by atoms with Crippen LogP contribution in [0.15, 0.2) is 41.3 Å². The highest BCUT2D eigenvalue weighted by Gasteiger charge is 2.19. The van der Waals surface area contributed by atoms with Crippen molar-refractivity contribution >= 4 is 15.9 Å². The summed E-state index contributed by atoms with van der Waals surface area (Å²) in [5.74, 6) is 0.141. The first kappa shape index (κ1) is 22.5. The average Bonchev–Trinajstić information content (AvgIpc) is 2.45. The maximum Gasteiger partial charge on any atom is 0.212 e. The van der Waals surface area contributed by atoms with Gasteiger partial charge in [0.05, 0.1) is 25.5 Å². The first-order chi connectivity index (χ1) is 10.9. The van der Waals surface area contributed by atoms with Gasteiger partial charge in [0.2, 0.25) is 5.78 Å². The molecule has 0 radical (unpaired) electrons. The largest absolute Gasteiger partial charge is 0.744 e. The van der Waals surface area contributed by atoms with Gasteiger partial charge < -0.3 is 14.8 Å². The van der Waals surface area contributed by atoms with Crippen molar-refractivity contribution in [3.8, 4) is 0 Å². The Morgan fingerprint density at radius 3 is 2.12 bits per heavy atom. The van der Waals surface area contributed by atoms with E-state index in [1.165, 1.54) is 12.1 Å². The minimum atomic E-state index is -4.27. The summed E-state index contributed by atoms with van der Waals surface area (Å²) in [6, 6.07) is 5.78. The van der Waals surface area contributed by atoms with Gasteiger partial charge in [-0.05, 0) is 38.1 Å². The summed E-state index contributed by atoms with van der Waals surface area (Å²) in [4.78, 5) is 11.2. The second-order valence-electron chi connectivity index (χ2n) is 6.43. The Morgan fingerprint density at radius 2 is 1.75 bits per heavy atom. The molecule has 0 aromatic heterocycles. The van der Waals surface area contributed by atoms with E-state index >= 15 is 0 Å². The molecule has 0 aliphatic rings. The molecular formula is C17H28N2O4S. The Morgan fingerprint density at radius 1 is 1.25 bits per heavy atom. The van der Waals surface area contributed by atoms with Gasteiger partial charge in [-0.25, -0.2) is 8.42 Å². The van der Waals surface area contributed by atoms with Crippen LogP contribution in [0.3, 0.4) is 0 Å². The molecule has 0 aliphatic heterocycles. The van der Waals surface area contributed by atoms with E-state index in [0.29, 0.717) is 23.1 Å². The lowest BCUT2D eigenvalue weighted by Gasteiger charge is -2.28. The minimum Gasteiger partial charge on any atom is -0.744 e. The average molecular weight is 356 g/mol. The van der Waals surface area contributed by atoms with Gasteiger partial charge in [-0.1, -0.05) is 24.3 Å². The number of ketones is 1. The summed E-state index contributed by atoms with van der Waals surface area (Å²) in [7, 11) is -0.193. The molecule has 1 aromatic rings. The van der Waals surface area contributed by atoms with E-state index < -0.39 is 10.1 Å². The third kappa shape index (κ3) is 9.57. The van der Waals surface area contributed by atoms with Gasteiger partial charge in [0.1, 0.15) is 16.7 Å². The monoisotopic (exact) mass is 356 g/mol. The Kier molecular flexibility index (Phi) is 9.06. The lowest BCUT2D eigenvalue weighted by molar-refractivity contribution is -0.882. The van der Waals surface area contributed by atoms with Crippen molar-refractivity contribution in [3.05, 3.63) is 42.0 Å². The first-order valence-electron chi connectivity index (χ1n) is 7.62. The van der Waals surface area contributed by atoms with Crippen molar-refractivity contribution < 1.29 is 22.2 Å². The number of hydrogen-bond acceptors (Lipinski definition) is 5. The number of nitrogens with two attached hydrogens (primary N) is 1. The van der Waals surface area contributed by atoms with Gasteiger partial charge in [-0.2, -0.15) is 0 Å². The quantitative estimate of drug-likeness (QED) is 0.453. The predicted molar refractivity (Wildman–Crippen MR) is 94.5 cm³/mol. The maximum atomic E-state index is 11.4. The number of aryl methyl sites for hydroxylation is 1. The van der Waals surface area contributed by atoms with Crippen LogP contribution in [0.5, 0.6) is 0 Å². The van der Waals surface area contributed by atoms with Crippen LogP contribution in [-0.4, -0.2) is 57.0 Å². The number of likely N-dealkylation sites (N-methyl/N-ethyl adjacent to an activating group) is 1. The van der Waals surface area contributed by atoms with Crippen LogP contribution < -0.4 is 5.73 Å². The Hall–Kier alpha value is -1.54. The van der Waals surface area contributed by atoms with Crippen LogP contribution in [0.2, 0.25) is 0 Å².